The van der Waals surface area contributed by atoms with Crippen LogP contribution in [-0.2, 0) is 6.42 Å². The van der Waals surface area contributed by atoms with Crippen molar-refractivity contribution in [3.63, 3.8) is 0 Å². The highest BCUT2D eigenvalue weighted by molar-refractivity contribution is 5.67. The Morgan fingerprint density at radius 2 is 1.81 bits per heavy atom. The minimum Gasteiger partial charge on any atom is -0.206 e. The fourth-order valence-corrected chi connectivity index (χ4v) is 5.09. The van der Waals surface area contributed by atoms with Crippen molar-refractivity contribution in [3.05, 3.63) is 58.4 Å². The summed E-state index contributed by atoms with van der Waals surface area (Å²) in [6, 6.07) is 7.19. The Kier molecular flexibility index (Phi) is 4.72. The highest BCUT2D eigenvalue weighted by Gasteiger charge is 2.36. The average molecular weight is 369 g/mol. The van der Waals surface area contributed by atoms with Crippen molar-refractivity contribution in [1.82, 2.24) is 0 Å². The third-order valence-electron chi connectivity index (χ3n) is 6.58. The number of fused-ring (bicyclic) bond motifs is 3. The van der Waals surface area contributed by atoms with Crippen molar-refractivity contribution in [2.45, 2.75) is 51.4 Å². The normalized spacial score (nSPS) is 24.0. The number of hydrogen-bond donors (Lipinski definition) is 0. The Balaban J connectivity index is 1.73. The Morgan fingerprint density at radius 3 is 2.48 bits per heavy atom. The summed E-state index contributed by atoms with van der Waals surface area (Å²) >= 11 is 0. The molecule has 0 aliphatic heterocycles. The van der Waals surface area contributed by atoms with Gasteiger partial charge in [-0.3, -0.25) is 0 Å². The fraction of sp³-hybridized carbons (Fsp3) is 0.435. The zero-order valence-corrected chi connectivity index (χ0v) is 15.4. The standard InChI is InChI=1S/C23H22F3N/c1-2-13-3-5-16-14(9-13)4-6-19-18(16)8-7-17(23(19)26)15-10-21(24)20(12-27)22(25)11-15/h7-8,10-11,13-14,16H,2-6,9H2,1H3/t13-,14+,16+/m1/s1. The van der Waals surface area contributed by atoms with Gasteiger partial charge in [0.05, 0.1) is 0 Å². The second-order valence-corrected chi connectivity index (χ2v) is 7.91. The molecule has 0 saturated heterocycles. The third kappa shape index (κ3) is 3.04. The topological polar surface area (TPSA) is 23.8 Å². The first-order valence-electron chi connectivity index (χ1n) is 9.74. The minimum atomic E-state index is -0.956. The molecule has 0 amide bonds. The lowest BCUT2D eigenvalue weighted by Crippen LogP contribution is -2.28. The van der Waals surface area contributed by atoms with Gasteiger partial charge in [0.25, 0.3) is 0 Å². The van der Waals surface area contributed by atoms with Crippen LogP contribution in [0.25, 0.3) is 11.1 Å². The molecule has 0 N–H and O–H groups in total. The third-order valence-corrected chi connectivity index (χ3v) is 6.58. The van der Waals surface area contributed by atoms with Gasteiger partial charge in [-0.15, -0.1) is 0 Å². The lowest BCUT2D eigenvalue weighted by molar-refractivity contribution is 0.205. The maximum atomic E-state index is 15.3. The second-order valence-electron chi connectivity index (χ2n) is 7.91. The predicted molar refractivity (Wildman–Crippen MR) is 98.7 cm³/mol. The summed E-state index contributed by atoms with van der Waals surface area (Å²) in [4.78, 5) is 0. The van der Waals surface area contributed by atoms with Crippen LogP contribution in [0.3, 0.4) is 0 Å². The van der Waals surface area contributed by atoms with Crippen molar-refractivity contribution in [2.75, 3.05) is 0 Å². The molecule has 3 atom stereocenters. The van der Waals surface area contributed by atoms with Crippen LogP contribution in [-0.4, -0.2) is 0 Å². The molecule has 2 aromatic rings. The highest BCUT2D eigenvalue weighted by atomic mass is 19.1. The molecule has 4 heteroatoms. The van der Waals surface area contributed by atoms with E-state index in [4.69, 9.17) is 5.26 Å². The van der Waals surface area contributed by atoms with Crippen LogP contribution in [0.4, 0.5) is 13.2 Å². The van der Waals surface area contributed by atoms with Crippen LogP contribution in [0.2, 0.25) is 0 Å². The molecule has 0 spiro atoms. The summed E-state index contributed by atoms with van der Waals surface area (Å²) in [5.74, 6) is -0.487. The Labute approximate surface area is 157 Å². The van der Waals surface area contributed by atoms with Crippen LogP contribution in [0.1, 0.15) is 61.6 Å². The second kappa shape index (κ2) is 7.03. The molecule has 0 bridgehead atoms. The highest BCUT2D eigenvalue weighted by Crippen LogP contribution is 2.48. The molecular formula is C23H22F3N. The zero-order chi connectivity index (χ0) is 19.1. The quantitative estimate of drug-likeness (QED) is 0.593. The van der Waals surface area contributed by atoms with Crippen LogP contribution in [0, 0.1) is 40.6 Å². The molecule has 0 aromatic heterocycles. The Bertz CT molecular complexity index is 905. The smallest absolute Gasteiger partial charge is 0.144 e. The molecule has 1 saturated carbocycles. The molecule has 1 fully saturated rings. The van der Waals surface area contributed by atoms with Gasteiger partial charge in [0.1, 0.15) is 29.1 Å². The van der Waals surface area contributed by atoms with E-state index in [0.29, 0.717) is 23.8 Å². The summed E-state index contributed by atoms with van der Waals surface area (Å²) in [5.41, 5.74) is 1.50. The van der Waals surface area contributed by atoms with E-state index in [1.165, 1.54) is 25.3 Å². The van der Waals surface area contributed by atoms with Gasteiger partial charge in [0, 0.05) is 5.56 Å². The van der Waals surface area contributed by atoms with Crippen LogP contribution < -0.4 is 0 Å². The summed E-state index contributed by atoms with van der Waals surface area (Å²) in [6.45, 7) is 2.24. The van der Waals surface area contributed by atoms with Gasteiger partial charge in [-0.1, -0.05) is 25.5 Å². The van der Waals surface area contributed by atoms with Crippen molar-refractivity contribution in [1.29, 1.82) is 5.26 Å². The Morgan fingerprint density at radius 1 is 1.07 bits per heavy atom. The molecule has 2 aromatic carbocycles. The van der Waals surface area contributed by atoms with E-state index >= 15 is 4.39 Å². The van der Waals surface area contributed by atoms with Gasteiger partial charge in [-0.05, 0) is 78.7 Å². The molecule has 1 nitrogen and oxygen atoms in total. The first-order chi connectivity index (χ1) is 13.0. The molecule has 4 rings (SSSR count). The number of benzene rings is 2. The monoisotopic (exact) mass is 369 g/mol. The molecule has 2 aliphatic carbocycles. The lowest BCUT2D eigenvalue weighted by Gasteiger charge is -2.40. The van der Waals surface area contributed by atoms with E-state index in [9.17, 15) is 8.78 Å². The van der Waals surface area contributed by atoms with Gasteiger partial charge in [0.2, 0.25) is 0 Å². The maximum absolute atomic E-state index is 15.3. The van der Waals surface area contributed by atoms with Gasteiger partial charge in [0.15, 0.2) is 0 Å². The minimum absolute atomic E-state index is 0.140. The Hall–Kier alpha value is -2.28. The fourth-order valence-electron chi connectivity index (χ4n) is 5.09. The van der Waals surface area contributed by atoms with E-state index in [2.05, 4.69) is 6.92 Å². The summed E-state index contributed by atoms with van der Waals surface area (Å²) in [5, 5.41) is 8.82. The van der Waals surface area contributed by atoms with E-state index in [1.54, 1.807) is 6.07 Å². The maximum Gasteiger partial charge on any atom is 0.144 e. The van der Waals surface area contributed by atoms with Crippen molar-refractivity contribution in [2.24, 2.45) is 11.8 Å². The largest absolute Gasteiger partial charge is 0.206 e. The predicted octanol–water partition coefficient (Wildman–Crippen LogP) is 6.50. The summed E-state index contributed by atoms with van der Waals surface area (Å²) in [6.07, 6.45) is 6.36. The first kappa shape index (κ1) is 18.1. The van der Waals surface area contributed by atoms with Gasteiger partial charge in [-0.2, -0.15) is 5.26 Å². The van der Waals surface area contributed by atoms with Crippen molar-refractivity contribution >= 4 is 0 Å². The molecule has 140 valence electrons. The van der Waals surface area contributed by atoms with E-state index in [1.807, 2.05) is 6.07 Å². The van der Waals surface area contributed by atoms with Crippen LogP contribution in [0.15, 0.2) is 24.3 Å². The number of nitrogens with zero attached hydrogens (tertiary/aromatic N) is 1. The first-order valence-corrected chi connectivity index (χ1v) is 9.74. The van der Waals surface area contributed by atoms with Crippen molar-refractivity contribution < 1.29 is 13.2 Å². The molecular weight excluding hydrogens is 347 g/mol. The zero-order valence-electron chi connectivity index (χ0n) is 15.4. The molecule has 2 aliphatic rings. The molecule has 0 unspecified atom stereocenters. The van der Waals surface area contributed by atoms with Gasteiger partial charge in [-0.25, -0.2) is 13.2 Å². The van der Waals surface area contributed by atoms with Gasteiger partial charge < -0.3 is 0 Å². The van der Waals surface area contributed by atoms with Crippen molar-refractivity contribution in [3.8, 4) is 17.2 Å². The molecule has 0 heterocycles. The summed E-state index contributed by atoms with van der Waals surface area (Å²) < 4.78 is 43.2. The molecule has 27 heavy (non-hydrogen) atoms. The number of rotatable bonds is 2. The lowest BCUT2D eigenvalue weighted by atomic mass is 9.64. The number of nitriles is 1. The number of hydrogen-bond acceptors (Lipinski definition) is 1. The van der Waals surface area contributed by atoms with E-state index in [0.717, 1.165) is 36.5 Å². The number of halogens is 3. The van der Waals surface area contributed by atoms with E-state index < -0.39 is 17.2 Å². The summed E-state index contributed by atoms with van der Waals surface area (Å²) in [7, 11) is 0. The van der Waals surface area contributed by atoms with E-state index in [-0.39, 0.29) is 16.9 Å². The molecule has 0 radical (unpaired) electrons. The van der Waals surface area contributed by atoms with Crippen LogP contribution >= 0.6 is 0 Å². The SMILES string of the molecule is CC[C@@H]1CC[C@@H]2c3ccc(-c4cc(F)c(C#N)c(F)c4)c(F)c3CC[C@H]2C1. The average Bonchev–Trinajstić information content (AvgIpc) is 2.67. The van der Waals surface area contributed by atoms with Crippen LogP contribution in [0.5, 0.6) is 0 Å². The van der Waals surface area contributed by atoms with Gasteiger partial charge >= 0.3 is 0 Å².